The van der Waals surface area contributed by atoms with Crippen LogP contribution < -0.4 is 49.5 Å². The molecule has 4 rings (SSSR count). The van der Waals surface area contributed by atoms with E-state index in [1.54, 1.807) is 12.1 Å². The van der Waals surface area contributed by atoms with Crippen molar-refractivity contribution in [1.29, 1.82) is 0 Å². The van der Waals surface area contributed by atoms with Gasteiger partial charge < -0.3 is 54.6 Å². The summed E-state index contributed by atoms with van der Waals surface area (Å²) in [7, 11) is 0. The van der Waals surface area contributed by atoms with E-state index in [-0.39, 0.29) is 56.4 Å². The van der Waals surface area contributed by atoms with Gasteiger partial charge in [0.25, 0.3) is 0 Å². The van der Waals surface area contributed by atoms with E-state index >= 15 is 0 Å². The highest BCUT2D eigenvalue weighted by Crippen LogP contribution is 2.18. The zero-order chi connectivity index (χ0) is 38.3. The van der Waals surface area contributed by atoms with Crippen LogP contribution in [-0.4, -0.2) is 90.4 Å². The van der Waals surface area contributed by atoms with Gasteiger partial charge in [0.15, 0.2) is 11.9 Å². The predicted octanol–water partition coefficient (Wildman–Crippen LogP) is -1.49. The lowest BCUT2D eigenvalue weighted by Crippen LogP contribution is -2.58. The lowest BCUT2D eigenvalue weighted by Gasteiger charge is -2.26. The van der Waals surface area contributed by atoms with Crippen molar-refractivity contribution in [3.05, 3.63) is 77.9 Å². The van der Waals surface area contributed by atoms with Crippen molar-refractivity contribution in [2.75, 3.05) is 19.6 Å². The maximum Gasteiger partial charge on any atom is 0.243 e. The summed E-state index contributed by atoms with van der Waals surface area (Å²) in [5.41, 5.74) is 23.1. The highest BCUT2D eigenvalue weighted by atomic mass is 16.3. The Morgan fingerprint density at radius 2 is 1.09 bits per heavy atom. The molecule has 14 N–H and O–H groups in total. The highest BCUT2D eigenvalue weighted by molar-refractivity contribution is 5.97. The summed E-state index contributed by atoms with van der Waals surface area (Å²) >= 11 is 0. The van der Waals surface area contributed by atoms with Crippen molar-refractivity contribution in [3.8, 4) is 5.75 Å². The number of phenolic OH excluding ortho intramolecular Hbond substituents is 1. The van der Waals surface area contributed by atoms with E-state index in [0.29, 0.717) is 18.4 Å². The Balaban J connectivity index is 1.70. The summed E-state index contributed by atoms with van der Waals surface area (Å²) in [6.45, 7) is -0.165. The minimum atomic E-state index is -1.23. The SMILES string of the molecule is NC(N)=NCCC[C@H]1NC(=O)CNC(=O)[C@@H](CCCN=C(N)N)NC(=O)[C@@H](Cc2ccc3ccccc3c2)NC(=O)[C@H](Cc2ccc(O)cc2)NC1=O. The summed E-state index contributed by atoms with van der Waals surface area (Å²) in [5, 5.41) is 25.2. The lowest BCUT2D eigenvalue weighted by atomic mass is 9.99. The Morgan fingerprint density at radius 1 is 0.604 bits per heavy atom. The highest BCUT2D eigenvalue weighted by Gasteiger charge is 2.32. The average molecular weight is 730 g/mol. The molecule has 4 atom stereocenters. The van der Waals surface area contributed by atoms with Crippen LogP contribution in [0.3, 0.4) is 0 Å². The second-order valence-corrected chi connectivity index (χ2v) is 12.7. The van der Waals surface area contributed by atoms with Gasteiger partial charge in [-0.15, -0.1) is 0 Å². The van der Waals surface area contributed by atoms with E-state index in [1.807, 2.05) is 42.5 Å². The van der Waals surface area contributed by atoms with Gasteiger partial charge in [-0.2, -0.15) is 0 Å². The Hall–Kier alpha value is -6.39. The van der Waals surface area contributed by atoms with Crippen LogP contribution in [0.4, 0.5) is 0 Å². The van der Waals surface area contributed by atoms with Gasteiger partial charge in [-0.3, -0.25) is 34.0 Å². The van der Waals surface area contributed by atoms with Crippen LogP contribution in [0.25, 0.3) is 10.8 Å². The first-order valence-corrected chi connectivity index (χ1v) is 17.2. The number of carbonyl (C=O) groups excluding carboxylic acids is 5. The Kier molecular flexibility index (Phi) is 14.3. The number of nitrogens with zero attached hydrogens (tertiary/aromatic N) is 2. The van der Waals surface area contributed by atoms with E-state index in [1.165, 1.54) is 12.1 Å². The Bertz CT molecular complexity index is 1820. The first-order chi connectivity index (χ1) is 25.4. The number of hydrogen-bond acceptors (Lipinski definition) is 8. The number of aromatic hydroxyl groups is 1. The molecule has 0 radical (unpaired) electrons. The molecule has 53 heavy (non-hydrogen) atoms. The van der Waals surface area contributed by atoms with Crippen molar-refractivity contribution in [2.24, 2.45) is 32.9 Å². The minimum Gasteiger partial charge on any atom is -0.508 e. The molecular weight excluding hydrogens is 682 g/mol. The average Bonchev–Trinajstić information content (AvgIpc) is 3.12. The topological polar surface area (TPSA) is 295 Å². The minimum absolute atomic E-state index is 0.0102. The maximum absolute atomic E-state index is 14.1. The number of aliphatic imine (C=N–C) groups is 2. The zero-order valence-electron chi connectivity index (χ0n) is 29.2. The largest absolute Gasteiger partial charge is 0.508 e. The molecule has 0 bridgehead atoms. The van der Waals surface area contributed by atoms with E-state index in [0.717, 1.165) is 16.3 Å². The fourth-order valence-corrected chi connectivity index (χ4v) is 5.79. The zero-order valence-corrected chi connectivity index (χ0v) is 29.2. The molecule has 0 spiro atoms. The number of fused-ring (bicyclic) bond motifs is 1. The fraction of sp³-hybridized carbons (Fsp3) is 0.361. The van der Waals surface area contributed by atoms with Crippen LogP contribution in [0.2, 0.25) is 0 Å². The number of rotatable bonds is 12. The molecule has 17 nitrogen and oxygen atoms in total. The van der Waals surface area contributed by atoms with E-state index in [9.17, 15) is 29.1 Å². The number of hydrogen-bond donors (Lipinski definition) is 10. The van der Waals surface area contributed by atoms with Crippen molar-refractivity contribution >= 4 is 52.2 Å². The van der Waals surface area contributed by atoms with Gasteiger partial charge in [-0.05, 0) is 59.7 Å². The summed E-state index contributed by atoms with van der Waals surface area (Å²) in [6, 6.07) is 14.7. The second-order valence-electron chi connectivity index (χ2n) is 12.7. The third kappa shape index (κ3) is 12.7. The molecule has 0 unspecified atom stereocenters. The fourth-order valence-electron chi connectivity index (χ4n) is 5.79. The molecule has 3 aromatic carbocycles. The molecule has 0 aromatic heterocycles. The van der Waals surface area contributed by atoms with Gasteiger partial charge in [0.2, 0.25) is 29.5 Å². The third-order valence-corrected chi connectivity index (χ3v) is 8.49. The lowest BCUT2D eigenvalue weighted by molar-refractivity contribution is -0.134. The standard InChI is InChI=1S/C36H47N11O6/c37-35(38)41-15-3-7-26-31(50)43-20-30(49)44-27(8-4-16-42-36(39)40)32(51)46-28(18-21-10-13-25(48)14-11-21)34(53)47-29(33(52)45-26)19-22-9-12-23-5-1-2-6-24(23)17-22/h1-2,5-6,9-14,17,26-29,48H,3-4,7-8,15-16,18-20H2,(H,43,50)(H,44,49)(H,45,52)(H,46,51)(H,47,53)(H4,37,38,41)(H4,39,40,42)/t26-,27-,28+,29-/m1/s1. The van der Waals surface area contributed by atoms with Crippen molar-refractivity contribution in [1.82, 2.24) is 26.6 Å². The van der Waals surface area contributed by atoms with E-state index in [2.05, 4.69) is 36.6 Å². The number of nitrogens with two attached hydrogens (primary N) is 4. The molecule has 282 valence electrons. The molecule has 1 fully saturated rings. The van der Waals surface area contributed by atoms with Gasteiger partial charge in [0.05, 0.1) is 6.54 Å². The normalized spacial score (nSPS) is 20.0. The first-order valence-electron chi connectivity index (χ1n) is 17.2. The van der Waals surface area contributed by atoms with Crippen LogP contribution in [0.15, 0.2) is 76.7 Å². The molecule has 0 aliphatic carbocycles. The molecule has 1 aliphatic rings. The number of benzene rings is 3. The smallest absolute Gasteiger partial charge is 0.243 e. The molecule has 5 amide bonds. The second kappa shape index (κ2) is 19.3. The molecule has 0 saturated carbocycles. The Labute approximate surface area is 306 Å². The van der Waals surface area contributed by atoms with Crippen molar-refractivity contribution in [2.45, 2.75) is 62.7 Å². The van der Waals surface area contributed by atoms with Crippen molar-refractivity contribution < 1.29 is 29.1 Å². The van der Waals surface area contributed by atoms with Crippen LogP contribution in [0.1, 0.15) is 36.8 Å². The van der Waals surface area contributed by atoms with Gasteiger partial charge >= 0.3 is 0 Å². The molecule has 1 saturated heterocycles. The predicted molar refractivity (Wildman–Crippen MR) is 200 cm³/mol. The number of guanidine groups is 2. The molecule has 1 heterocycles. The van der Waals surface area contributed by atoms with E-state index < -0.39 is 60.2 Å². The van der Waals surface area contributed by atoms with Crippen LogP contribution in [-0.2, 0) is 36.8 Å². The first kappa shape index (κ1) is 39.4. The third-order valence-electron chi connectivity index (χ3n) is 8.49. The summed E-state index contributed by atoms with van der Waals surface area (Å²) < 4.78 is 0. The summed E-state index contributed by atoms with van der Waals surface area (Å²) in [5.74, 6) is -3.65. The van der Waals surface area contributed by atoms with Crippen LogP contribution >= 0.6 is 0 Å². The molecule has 17 heteroatoms. The number of nitrogens with one attached hydrogen (secondary N) is 5. The van der Waals surface area contributed by atoms with Gasteiger partial charge in [0.1, 0.15) is 29.9 Å². The van der Waals surface area contributed by atoms with E-state index in [4.69, 9.17) is 22.9 Å². The quantitative estimate of drug-likeness (QED) is 0.0585. The summed E-state index contributed by atoms with van der Waals surface area (Å²) in [6.07, 6.45) is 0.802. The molecule has 3 aromatic rings. The van der Waals surface area contributed by atoms with Gasteiger partial charge in [-0.1, -0.05) is 54.6 Å². The number of phenols is 1. The number of amides is 5. The van der Waals surface area contributed by atoms with Crippen LogP contribution in [0, 0.1) is 0 Å². The van der Waals surface area contributed by atoms with Crippen LogP contribution in [0.5, 0.6) is 5.75 Å². The monoisotopic (exact) mass is 729 g/mol. The number of carbonyl (C=O) groups is 5. The molecular formula is C36H47N11O6. The Morgan fingerprint density at radius 3 is 1.68 bits per heavy atom. The van der Waals surface area contributed by atoms with Gasteiger partial charge in [-0.25, -0.2) is 0 Å². The van der Waals surface area contributed by atoms with Crippen molar-refractivity contribution in [3.63, 3.8) is 0 Å². The van der Waals surface area contributed by atoms with Gasteiger partial charge in [0, 0.05) is 25.9 Å². The maximum atomic E-state index is 14.1. The summed E-state index contributed by atoms with van der Waals surface area (Å²) in [4.78, 5) is 76.3. The molecule has 1 aliphatic heterocycles.